The number of nitrogens with one attached hydrogen (secondary N) is 1. The van der Waals surface area contributed by atoms with Gasteiger partial charge < -0.3 is 10.1 Å². The molecule has 134 valence electrons. The van der Waals surface area contributed by atoms with Crippen molar-refractivity contribution in [2.75, 3.05) is 11.9 Å². The van der Waals surface area contributed by atoms with Gasteiger partial charge >= 0.3 is 5.97 Å². The van der Waals surface area contributed by atoms with Gasteiger partial charge in [0.25, 0.3) is 5.91 Å². The highest BCUT2D eigenvalue weighted by molar-refractivity contribution is 6.33. The number of ketones is 1. The van der Waals surface area contributed by atoms with Crippen LogP contribution in [0.4, 0.5) is 10.1 Å². The van der Waals surface area contributed by atoms with Crippen LogP contribution >= 0.6 is 11.6 Å². The van der Waals surface area contributed by atoms with E-state index in [4.69, 9.17) is 16.3 Å². The predicted molar refractivity (Wildman–Crippen MR) is 89.6 cm³/mol. The van der Waals surface area contributed by atoms with Crippen molar-refractivity contribution in [2.45, 2.75) is 32.1 Å². The number of hydrogen-bond acceptors (Lipinski definition) is 4. The molecule has 5 nitrogen and oxygen atoms in total. The molecule has 0 spiro atoms. The molecule has 0 aliphatic heterocycles. The monoisotopic (exact) mass is 367 g/mol. The summed E-state index contributed by atoms with van der Waals surface area (Å²) in [7, 11) is 0. The Morgan fingerprint density at radius 3 is 2.56 bits per heavy atom. The van der Waals surface area contributed by atoms with Gasteiger partial charge in [0.05, 0.1) is 16.6 Å². The van der Waals surface area contributed by atoms with Crippen LogP contribution in [0.15, 0.2) is 18.2 Å². The van der Waals surface area contributed by atoms with Gasteiger partial charge in [-0.3, -0.25) is 14.4 Å². The molecule has 25 heavy (non-hydrogen) atoms. The second-order valence-electron chi connectivity index (χ2n) is 6.68. The molecule has 0 radical (unpaired) electrons. The van der Waals surface area contributed by atoms with Crippen LogP contribution in [0.2, 0.25) is 5.02 Å². The first-order valence-corrected chi connectivity index (χ1v) is 8.77. The molecule has 1 N–H and O–H groups in total. The number of ether oxygens (including phenoxy) is 1. The summed E-state index contributed by atoms with van der Waals surface area (Å²) in [5.41, 5.74) is 0.252. The first kappa shape index (κ1) is 17.9. The number of hydrogen-bond donors (Lipinski definition) is 1. The normalized spacial score (nSPS) is 25.4. The molecule has 0 heterocycles. The van der Waals surface area contributed by atoms with Crippen LogP contribution in [-0.4, -0.2) is 24.3 Å². The average molecular weight is 368 g/mol. The van der Waals surface area contributed by atoms with Gasteiger partial charge in [0.2, 0.25) is 0 Å². The highest BCUT2D eigenvalue weighted by Gasteiger charge is 2.41. The highest BCUT2D eigenvalue weighted by Crippen LogP contribution is 2.40. The van der Waals surface area contributed by atoms with E-state index in [1.165, 1.54) is 12.1 Å². The van der Waals surface area contributed by atoms with E-state index in [2.05, 4.69) is 5.32 Å². The Morgan fingerprint density at radius 1 is 1.24 bits per heavy atom. The summed E-state index contributed by atoms with van der Waals surface area (Å²) in [6.45, 7) is -0.438. The van der Waals surface area contributed by atoms with Crippen molar-refractivity contribution in [1.29, 1.82) is 0 Å². The Morgan fingerprint density at radius 2 is 1.92 bits per heavy atom. The Balaban J connectivity index is 1.50. The number of carbonyl (C=O) groups excluding carboxylic acids is 3. The molecular weight excluding hydrogens is 349 g/mol. The third kappa shape index (κ3) is 4.18. The molecule has 0 aromatic heterocycles. The Labute approximate surface area is 149 Å². The maximum absolute atomic E-state index is 13.0. The van der Waals surface area contributed by atoms with Crippen LogP contribution in [0.1, 0.15) is 32.1 Å². The molecule has 2 fully saturated rings. The van der Waals surface area contributed by atoms with Crippen molar-refractivity contribution in [3.8, 4) is 0 Å². The van der Waals surface area contributed by atoms with Gasteiger partial charge in [-0.1, -0.05) is 18.0 Å². The van der Waals surface area contributed by atoms with Crippen molar-refractivity contribution in [3.63, 3.8) is 0 Å². The van der Waals surface area contributed by atoms with E-state index in [1.807, 2.05) is 0 Å². The Bertz CT molecular complexity index is 692. The van der Waals surface area contributed by atoms with Crippen molar-refractivity contribution < 1.29 is 23.5 Å². The number of esters is 1. The summed E-state index contributed by atoms with van der Waals surface area (Å²) in [5, 5.41) is 2.54. The summed E-state index contributed by atoms with van der Waals surface area (Å²) < 4.78 is 18.1. The second-order valence-corrected chi connectivity index (χ2v) is 7.08. The average Bonchev–Trinajstić information content (AvgIpc) is 2.55. The number of Topliss-reactive ketones (excluding diaryl/α,β-unsaturated/α-hetero) is 1. The zero-order valence-corrected chi connectivity index (χ0v) is 14.4. The van der Waals surface area contributed by atoms with Crippen LogP contribution in [0.25, 0.3) is 0 Å². The smallest absolute Gasteiger partial charge is 0.309 e. The van der Waals surface area contributed by atoms with Crippen LogP contribution in [0.5, 0.6) is 0 Å². The first-order valence-electron chi connectivity index (χ1n) is 8.39. The van der Waals surface area contributed by atoms with Crippen LogP contribution in [0, 0.1) is 23.6 Å². The Kier molecular flexibility index (Phi) is 5.37. The van der Waals surface area contributed by atoms with Crippen LogP contribution < -0.4 is 5.32 Å². The van der Waals surface area contributed by atoms with E-state index in [-0.39, 0.29) is 34.2 Å². The molecule has 2 saturated carbocycles. The Hall–Kier alpha value is -1.95. The number of amides is 1. The lowest BCUT2D eigenvalue weighted by atomic mass is 9.67. The maximum Gasteiger partial charge on any atom is 0.309 e. The van der Waals surface area contributed by atoms with Crippen molar-refractivity contribution >= 4 is 34.9 Å². The van der Waals surface area contributed by atoms with Gasteiger partial charge in [-0.25, -0.2) is 4.39 Å². The molecular formula is C18H19ClFNO4. The fraction of sp³-hybridized carbons (Fsp3) is 0.500. The van der Waals surface area contributed by atoms with Gasteiger partial charge in [0.15, 0.2) is 6.61 Å². The lowest BCUT2D eigenvalue weighted by Gasteiger charge is -2.36. The van der Waals surface area contributed by atoms with E-state index in [0.29, 0.717) is 12.8 Å². The van der Waals surface area contributed by atoms with Gasteiger partial charge in [0.1, 0.15) is 11.6 Å². The molecule has 2 aliphatic carbocycles. The van der Waals surface area contributed by atoms with E-state index in [1.54, 1.807) is 0 Å². The third-order valence-electron chi connectivity index (χ3n) is 4.93. The fourth-order valence-electron chi connectivity index (χ4n) is 3.70. The summed E-state index contributed by atoms with van der Waals surface area (Å²) in [6, 6.07) is 3.59. The van der Waals surface area contributed by atoms with Crippen molar-refractivity contribution in [1.82, 2.24) is 0 Å². The molecule has 2 bridgehead atoms. The van der Waals surface area contributed by atoms with Crippen LogP contribution in [-0.2, 0) is 19.1 Å². The summed E-state index contributed by atoms with van der Waals surface area (Å²) >= 11 is 5.83. The summed E-state index contributed by atoms with van der Waals surface area (Å²) in [6.07, 6.45) is 3.73. The minimum absolute atomic E-state index is 0.0445. The van der Waals surface area contributed by atoms with Crippen molar-refractivity contribution in [2.24, 2.45) is 17.8 Å². The largest absolute Gasteiger partial charge is 0.455 e. The van der Waals surface area contributed by atoms with E-state index >= 15 is 0 Å². The SMILES string of the molecule is O=C(COC(=O)C1CC2CCCC(C1)C2=O)Nc1ccc(F)cc1Cl. The number of rotatable bonds is 4. The lowest BCUT2D eigenvalue weighted by molar-refractivity contribution is -0.155. The van der Waals surface area contributed by atoms with Gasteiger partial charge in [0, 0.05) is 11.8 Å². The minimum atomic E-state index is -0.547. The summed E-state index contributed by atoms with van der Waals surface area (Å²) in [5.74, 6) is -1.63. The lowest BCUT2D eigenvalue weighted by Crippen LogP contribution is -2.40. The molecule has 2 unspecified atom stereocenters. The number of carbonyl (C=O) groups is 3. The van der Waals surface area contributed by atoms with E-state index in [9.17, 15) is 18.8 Å². The quantitative estimate of drug-likeness (QED) is 0.828. The highest BCUT2D eigenvalue weighted by atomic mass is 35.5. The van der Waals surface area contributed by atoms with E-state index < -0.39 is 24.3 Å². The molecule has 1 amide bonds. The number of anilines is 1. The number of benzene rings is 1. The molecule has 7 heteroatoms. The molecule has 3 rings (SSSR count). The molecule has 0 saturated heterocycles. The molecule has 2 atom stereocenters. The molecule has 2 aliphatic rings. The first-order chi connectivity index (χ1) is 11.9. The zero-order chi connectivity index (χ0) is 18.0. The third-order valence-corrected chi connectivity index (χ3v) is 5.24. The summed E-state index contributed by atoms with van der Waals surface area (Å²) in [4.78, 5) is 36.2. The van der Waals surface area contributed by atoms with Crippen LogP contribution in [0.3, 0.4) is 0 Å². The second kappa shape index (κ2) is 7.52. The number of fused-ring (bicyclic) bond motifs is 2. The van der Waals surface area contributed by atoms with Gasteiger partial charge in [-0.05, 0) is 43.9 Å². The molecule has 1 aromatic rings. The maximum atomic E-state index is 13.0. The predicted octanol–water partition coefficient (Wildman–Crippen LogP) is 3.36. The fourth-order valence-corrected chi connectivity index (χ4v) is 3.92. The standard InChI is InChI=1S/C18H19ClFNO4/c19-14-8-13(20)4-5-15(14)21-16(22)9-25-18(24)12-6-10-2-1-3-11(7-12)17(10)23/h4-5,8,10-12H,1-3,6-7,9H2,(H,21,22). The zero-order valence-electron chi connectivity index (χ0n) is 13.6. The topological polar surface area (TPSA) is 72.5 Å². The minimum Gasteiger partial charge on any atom is -0.455 e. The van der Waals surface area contributed by atoms with Crippen molar-refractivity contribution in [3.05, 3.63) is 29.0 Å². The number of halogens is 2. The van der Waals surface area contributed by atoms with E-state index in [0.717, 1.165) is 25.3 Å². The molecule has 1 aromatic carbocycles. The van der Waals surface area contributed by atoms with Gasteiger partial charge in [-0.15, -0.1) is 0 Å². The van der Waals surface area contributed by atoms with Gasteiger partial charge in [-0.2, -0.15) is 0 Å².